The lowest BCUT2D eigenvalue weighted by molar-refractivity contribution is -0.0581. The first kappa shape index (κ1) is 52.1. The van der Waals surface area contributed by atoms with Crippen molar-refractivity contribution in [1.29, 1.82) is 0 Å². The Labute approximate surface area is 396 Å². The molecule has 4 fully saturated rings. The van der Waals surface area contributed by atoms with Crippen molar-refractivity contribution in [1.82, 2.24) is 24.8 Å². The van der Waals surface area contributed by atoms with Gasteiger partial charge < -0.3 is 49.5 Å². The standard InChI is InChI=1S/C48H79N6O12P/c1-32(2)7-6-8-33(3)37-11-12-38-36-10-9-34-27-35(13-15-47(34,4)39(36)14-16-48(37,38)5)64-46(56)50-17-18-59-19-20-60-21-22-61-23-24-62-25-26-63-67(57,58)66-40-28-42(65-41(40)29-55)54-31-53-43-44(49)51-30-52-45(43)54/h9,30-33,35-42,55H,6-8,10-29H2,1-5H3,(H,50,56)(H,57,58)(H2,49,51,52)/t33-,35-,36+,37-,38+,39+,40+,41-,42-,47+,48-/m1/s1. The van der Waals surface area contributed by atoms with Gasteiger partial charge in [-0.1, -0.05) is 65.5 Å². The third-order valence-electron chi connectivity index (χ3n) is 16.0. The second-order valence-corrected chi connectivity index (χ2v) is 21.9. The highest BCUT2D eigenvalue weighted by molar-refractivity contribution is 7.47. The fourth-order valence-corrected chi connectivity index (χ4v) is 13.5. The van der Waals surface area contributed by atoms with Crippen molar-refractivity contribution in [2.75, 3.05) is 78.3 Å². The van der Waals surface area contributed by atoms with E-state index in [4.69, 9.17) is 43.2 Å². The number of hydrogen-bond acceptors (Lipinski definition) is 15. The van der Waals surface area contributed by atoms with Crippen LogP contribution in [0.3, 0.4) is 0 Å². The van der Waals surface area contributed by atoms with Crippen LogP contribution in [0.2, 0.25) is 0 Å². The van der Waals surface area contributed by atoms with Gasteiger partial charge in [0.15, 0.2) is 11.5 Å². The first-order chi connectivity index (χ1) is 32.2. The van der Waals surface area contributed by atoms with Gasteiger partial charge in [-0.2, -0.15) is 0 Å². The van der Waals surface area contributed by atoms with Crippen molar-refractivity contribution in [2.24, 2.45) is 46.3 Å². The van der Waals surface area contributed by atoms with Crippen LogP contribution in [0, 0.1) is 46.3 Å². The molecule has 7 rings (SSSR count). The summed E-state index contributed by atoms with van der Waals surface area (Å²) in [5, 5.41) is 12.7. The van der Waals surface area contributed by atoms with Gasteiger partial charge >= 0.3 is 13.9 Å². The van der Waals surface area contributed by atoms with Gasteiger partial charge in [-0.15, -0.1) is 0 Å². The van der Waals surface area contributed by atoms with E-state index in [1.54, 1.807) is 4.57 Å². The summed E-state index contributed by atoms with van der Waals surface area (Å²) < 4.78 is 58.6. The first-order valence-electron chi connectivity index (χ1n) is 25.0. The summed E-state index contributed by atoms with van der Waals surface area (Å²) in [5.41, 5.74) is 8.92. The van der Waals surface area contributed by atoms with Crippen LogP contribution in [0.25, 0.3) is 11.2 Å². The van der Waals surface area contributed by atoms with E-state index in [0.717, 1.165) is 54.8 Å². The highest BCUT2D eigenvalue weighted by Crippen LogP contribution is 2.67. The number of hydrogen-bond donors (Lipinski definition) is 4. The number of phosphoric ester groups is 1. The molecule has 1 amide bonds. The number of anilines is 1. The zero-order valence-electron chi connectivity index (χ0n) is 40.6. The molecule has 12 atom stereocenters. The second-order valence-electron chi connectivity index (χ2n) is 20.5. The predicted molar refractivity (Wildman–Crippen MR) is 251 cm³/mol. The molecule has 1 aliphatic heterocycles. The molecule has 0 aromatic carbocycles. The van der Waals surface area contributed by atoms with Crippen molar-refractivity contribution in [3.05, 3.63) is 24.3 Å². The van der Waals surface area contributed by atoms with Crippen molar-refractivity contribution >= 4 is 30.9 Å². The molecule has 5 N–H and O–H groups in total. The Morgan fingerprint density at radius 3 is 2.37 bits per heavy atom. The molecule has 0 bridgehead atoms. The Morgan fingerprint density at radius 1 is 0.940 bits per heavy atom. The van der Waals surface area contributed by atoms with Crippen LogP contribution < -0.4 is 11.1 Å². The highest BCUT2D eigenvalue weighted by Gasteiger charge is 2.59. The van der Waals surface area contributed by atoms with Gasteiger partial charge in [-0.3, -0.25) is 13.6 Å². The van der Waals surface area contributed by atoms with E-state index in [1.807, 2.05) is 0 Å². The highest BCUT2D eigenvalue weighted by atomic mass is 31.2. The number of aliphatic hydroxyl groups excluding tert-OH is 1. The number of nitrogens with one attached hydrogen (secondary N) is 1. The molecule has 3 heterocycles. The zero-order chi connectivity index (χ0) is 47.6. The summed E-state index contributed by atoms with van der Waals surface area (Å²) in [6.07, 6.45) is 16.2. The third kappa shape index (κ3) is 13.0. The number of phosphoric acid groups is 1. The number of nitrogens with two attached hydrogens (primary N) is 1. The number of allylic oxidation sites excluding steroid dienone is 1. The number of carbonyl (C=O) groups excluding carboxylic acids is 1. The number of carbonyl (C=O) groups is 1. The van der Waals surface area contributed by atoms with E-state index in [0.29, 0.717) is 62.8 Å². The Hall–Kier alpha value is -2.77. The lowest BCUT2D eigenvalue weighted by Gasteiger charge is -2.58. The van der Waals surface area contributed by atoms with Crippen molar-refractivity contribution < 1.29 is 56.8 Å². The van der Waals surface area contributed by atoms with Crippen LogP contribution >= 0.6 is 7.82 Å². The number of rotatable bonds is 26. The van der Waals surface area contributed by atoms with Crippen LogP contribution in [-0.2, 0) is 42.0 Å². The summed E-state index contributed by atoms with van der Waals surface area (Å²) in [6, 6.07) is 0. The maximum absolute atomic E-state index is 12.7. The van der Waals surface area contributed by atoms with E-state index in [2.05, 4.69) is 61.0 Å². The number of aliphatic hydroxyl groups is 1. The minimum absolute atomic E-state index is 0.0328. The Morgan fingerprint density at radius 2 is 1.66 bits per heavy atom. The van der Waals surface area contributed by atoms with Crippen LogP contribution in [0.1, 0.15) is 118 Å². The molecule has 18 nitrogen and oxygen atoms in total. The number of alkyl carbamates (subject to hydrolysis) is 1. The predicted octanol–water partition coefficient (Wildman–Crippen LogP) is 7.39. The average molecular weight is 963 g/mol. The molecule has 0 spiro atoms. The van der Waals surface area contributed by atoms with Gasteiger partial charge in [-0.05, 0) is 91.3 Å². The van der Waals surface area contributed by atoms with Crippen molar-refractivity contribution in [2.45, 2.75) is 136 Å². The Kier molecular flexibility index (Phi) is 18.6. The number of fused-ring (bicyclic) bond motifs is 6. The minimum atomic E-state index is -4.49. The van der Waals surface area contributed by atoms with E-state index >= 15 is 0 Å². The molecule has 2 aromatic rings. The number of ether oxygens (including phenoxy) is 6. The first-order valence-corrected chi connectivity index (χ1v) is 26.5. The van der Waals surface area contributed by atoms with E-state index in [-0.39, 0.29) is 49.7 Å². The van der Waals surface area contributed by atoms with Gasteiger partial charge in [0.05, 0.1) is 72.4 Å². The molecule has 5 aliphatic rings. The largest absolute Gasteiger partial charge is 0.472 e. The summed E-state index contributed by atoms with van der Waals surface area (Å²) in [4.78, 5) is 35.4. The van der Waals surface area contributed by atoms with Gasteiger partial charge in [0.1, 0.15) is 36.4 Å². The van der Waals surface area contributed by atoms with E-state index < -0.39 is 32.9 Å². The lowest BCUT2D eigenvalue weighted by Crippen LogP contribution is -2.51. The molecular weight excluding hydrogens is 884 g/mol. The maximum Gasteiger partial charge on any atom is 0.472 e. The van der Waals surface area contributed by atoms with Gasteiger partial charge in [0.2, 0.25) is 0 Å². The normalized spacial score (nSPS) is 31.8. The quantitative estimate of drug-likeness (QED) is 0.0409. The average Bonchev–Trinajstić information content (AvgIpc) is 4.01. The minimum Gasteiger partial charge on any atom is -0.446 e. The van der Waals surface area contributed by atoms with Gasteiger partial charge in [-0.25, -0.2) is 24.3 Å². The molecule has 3 saturated carbocycles. The summed E-state index contributed by atoms with van der Waals surface area (Å²) in [5.74, 6) is 5.07. The van der Waals surface area contributed by atoms with Crippen LogP contribution in [0.5, 0.6) is 0 Å². The second kappa shape index (κ2) is 23.9. The SMILES string of the molecule is CC(C)CCC[C@@H](C)[C@H]1CC[C@H]2[C@@H]3CC=C4C[C@H](OC(=O)NCCOCCOCCOCCOCCOP(=O)(O)O[C@H]5C[C@H](n6cnc7c(N)ncnc76)O[C@@H]5CO)CC[C@]4(C)[C@H]3CC[C@]12C. The fraction of sp³-hybridized carbons (Fsp3) is 0.833. The molecule has 0 radical (unpaired) electrons. The smallest absolute Gasteiger partial charge is 0.446 e. The monoisotopic (exact) mass is 963 g/mol. The molecule has 67 heavy (non-hydrogen) atoms. The van der Waals surface area contributed by atoms with Crippen LogP contribution in [0.15, 0.2) is 24.3 Å². The summed E-state index contributed by atoms with van der Waals surface area (Å²) in [7, 11) is -4.49. The molecule has 19 heteroatoms. The summed E-state index contributed by atoms with van der Waals surface area (Å²) >= 11 is 0. The number of aromatic nitrogens is 4. The Bertz CT molecular complexity index is 1970. The van der Waals surface area contributed by atoms with Gasteiger partial charge in [0.25, 0.3) is 0 Å². The summed E-state index contributed by atoms with van der Waals surface area (Å²) in [6.45, 7) is 14.6. The molecule has 1 unspecified atom stereocenters. The van der Waals surface area contributed by atoms with Crippen LogP contribution in [-0.4, -0.2) is 127 Å². The number of amides is 1. The fourth-order valence-electron chi connectivity index (χ4n) is 12.6. The third-order valence-corrected chi connectivity index (χ3v) is 17.0. The number of imidazole rings is 1. The molecular formula is C48H79N6O12P. The van der Waals surface area contributed by atoms with E-state index in [9.17, 15) is 19.4 Å². The zero-order valence-corrected chi connectivity index (χ0v) is 41.5. The molecule has 2 aromatic heterocycles. The van der Waals surface area contributed by atoms with Crippen molar-refractivity contribution in [3.63, 3.8) is 0 Å². The molecule has 4 aliphatic carbocycles. The molecule has 1 saturated heterocycles. The van der Waals surface area contributed by atoms with Crippen LogP contribution in [0.4, 0.5) is 10.6 Å². The Balaban J connectivity index is 0.676. The van der Waals surface area contributed by atoms with E-state index in [1.165, 1.54) is 69.6 Å². The lowest BCUT2D eigenvalue weighted by atomic mass is 9.47. The number of nitrogen functional groups attached to an aromatic ring is 1. The number of nitrogens with zero attached hydrogens (tertiary/aromatic N) is 4. The molecule has 378 valence electrons. The van der Waals surface area contributed by atoms with Gasteiger partial charge in [0, 0.05) is 19.4 Å². The topological polar surface area (TPSA) is 230 Å². The van der Waals surface area contributed by atoms with Crippen molar-refractivity contribution in [3.8, 4) is 0 Å². The maximum atomic E-state index is 12.7.